The third-order valence-electron chi connectivity index (χ3n) is 3.20. The van der Waals surface area contributed by atoms with Crippen LogP contribution >= 0.6 is 0 Å². The fraction of sp³-hybridized carbons (Fsp3) is 0.667. The van der Waals surface area contributed by atoms with Crippen LogP contribution in [0.1, 0.15) is 56.3 Å². The average molecular weight is 222 g/mol. The Labute approximate surface area is 95.3 Å². The Morgan fingerprint density at radius 3 is 3.06 bits per heavy atom. The number of nitrogens with zero attached hydrogens (tertiary/aromatic N) is 2. The Morgan fingerprint density at radius 1 is 1.69 bits per heavy atom. The van der Waals surface area contributed by atoms with Gasteiger partial charge in [0, 0.05) is 12.2 Å². The molecular formula is C12H18N2O2. The van der Waals surface area contributed by atoms with Crippen LogP contribution in [-0.4, -0.2) is 20.9 Å². The first-order chi connectivity index (χ1) is 7.58. The smallest absolute Gasteiger partial charge is 0.303 e. The van der Waals surface area contributed by atoms with Crippen molar-refractivity contribution in [3.05, 3.63) is 17.5 Å². The van der Waals surface area contributed by atoms with Gasteiger partial charge >= 0.3 is 5.97 Å². The molecule has 88 valence electrons. The van der Waals surface area contributed by atoms with E-state index in [2.05, 4.69) is 18.9 Å². The van der Waals surface area contributed by atoms with Crippen LogP contribution in [0.2, 0.25) is 0 Å². The lowest BCUT2D eigenvalue weighted by atomic mass is 9.85. The summed E-state index contributed by atoms with van der Waals surface area (Å²) in [5, 5.41) is 13.4. The summed E-state index contributed by atoms with van der Waals surface area (Å²) in [5.74, 6) is -0.552. The topological polar surface area (TPSA) is 55.1 Å². The molecule has 1 atom stereocenters. The quantitative estimate of drug-likeness (QED) is 0.854. The van der Waals surface area contributed by atoms with E-state index in [1.165, 1.54) is 0 Å². The summed E-state index contributed by atoms with van der Waals surface area (Å²) >= 11 is 0. The van der Waals surface area contributed by atoms with E-state index >= 15 is 0 Å². The van der Waals surface area contributed by atoms with Crippen LogP contribution < -0.4 is 0 Å². The number of aliphatic carboxylic acids is 1. The SMILES string of the molecule is CC(C)n1cc2c(n1)CCCC2CC(=O)O. The first kappa shape index (κ1) is 11.2. The third kappa shape index (κ3) is 2.10. The predicted octanol–water partition coefficient (Wildman–Crippen LogP) is 2.36. The monoisotopic (exact) mass is 222 g/mol. The third-order valence-corrected chi connectivity index (χ3v) is 3.20. The van der Waals surface area contributed by atoms with Crippen molar-refractivity contribution < 1.29 is 9.90 Å². The Kier molecular flexibility index (Phi) is 2.99. The molecule has 1 heterocycles. The summed E-state index contributed by atoms with van der Waals surface area (Å²) in [6, 6.07) is 0.344. The molecule has 0 saturated carbocycles. The van der Waals surface area contributed by atoms with Crippen LogP contribution in [-0.2, 0) is 11.2 Å². The number of carboxylic acid groups (broad SMARTS) is 1. The molecule has 0 radical (unpaired) electrons. The molecule has 0 fully saturated rings. The molecule has 1 unspecified atom stereocenters. The van der Waals surface area contributed by atoms with Crippen LogP contribution in [0.5, 0.6) is 0 Å². The summed E-state index contributed by atoms with van der Waals surface area (Å²) in [4.78, 5) is 10.8. The number of fused-ring (bicyclic) bond motifs is 1. The van der Waals surface area contributed by atoms with E-state index in [0.717, 1.165) is 30.5 Å². The molecule has 1 aromatic heterocycles. The molecule has 0 spiro atoms. The molecule has 0 saturated heterocycles. The van der Waals surface area contributed by atoms with Crippen LogP contribution in [0.3, 0.4) is 0 Å². The van der Waals surface area contributed by atoms with Gasteiger partial charge in [-0.1, -0.05) is 0 Å². The van der Waals surface area contributed by atoms with Gasteiger partial charge in [0.05, 0.1) is 12.1 Å². The van der Waals surface area contributed by atoms with Crippen LogP contribution in [0, 0.1) is 0 Å². The van der Waals surface area contributed by atoms with Gasteiger partial charge in [-0.2, -0.15) is 5.10 Å². The zero-order valence-corrected chi connectivity index (χ0v) is 9.81. The molecule has 1 aromatic rings. The maximum Gasteiger partial charge on any atom is 0.303 e. The van der Waals surface area contributed by atoms with Crippen molar-refractivity contribution >= 4 is 5.97 Å². The Hall–Kier alpha value is -1.32. The summed E-state index contributed by atoms with van der Waals surface area (Å²) in [7, 11) is 0. The number of hydrogen-bond donors (Lipinski definition) is 1. The zero-order valence-electron chi connectivity index (χ0n) is 9.81. The normalized spacial score (nSPS) is 19.8. The number of carboxylic acids is 1. The van der Waals surface area contributed by atoms with Crippen molar-refractivity contribution in [1.82, 2.24) is 9.78 Å². The highest BCUT2D eigenvalue weighted by Crippen LogP contribution is 2.33. The maximum absolute atomic E-state index is 10.8. The highest BCUT2D eigenvalue weighted by atomic mass is 16.4. The van der Waals surface area contributed by atoms with Crippen molar-refractivity contribution in [2.75, 3.05) is 0 Å². The fourth-order valence-electron chi connectivity index (χ4n) is 2.34. The van der Waals surface area contributed by atoms with Crippen molar-refractivity contribution in [2.24, 2.45) is 0 Å². The van der Waals surface area contributed by atoms with E-state index in [9.17, 15) is 4.79 Å². The summed E-state index contributed by atoms with van der Waals surface area (Å²) in [6.07, 6.45) is 5.29. The second-order valence-corrected chi connectivity index (χ2v) is 4.79. The molecule has 1 aliphatic carbocycles. The van der Waals surface area contributed by atoms with Gasteiger partial charge in [0.2, 0.25) is 0 Å². The number of rotatable bonds is 3. The molecule has 1 N–H and O–H groups in total. The van der Waals surface area contributed by atoms with Crippen molar-refractivity contribution in [1.29, 1.82) is 0 Å². The highest BCUT2D eigenvalue weighted by Gasteiger charge is 2.25. The Balaban J connectivity index is 2.27. The maximum atomic E-state index is 10.8. The van der Waals surface area contributed by atoms with Gasteiger partial charge in [0.1, 0.15) is 0 Å². The van der Waals surface area contributed by atoms with Gasteiger partial charge in [-0.15, -0.1) is 0 Å². The molecule has 2 rings (SSSR count). The van der Waals surface area contributed by atoms with E-state index < -0.39 is 5.97 Å². The fourth-order valence-corrected chi connectivity index (χ4v) is 2.34. The molecule has 4 heteroatoms. The minimum Gasteiger partial charge on any atom is -0.481 e. The van der Waals surface area contributed by atoms with Crippen LogP contribution in [0.25, 0.3) is 0 Å². The summed E-state index contributed by atoms with van der Waals surface area (Å²) in [6.45, 7) is 4.18. The largest absolute Gasteiger partial charge is 0.481 e. The molecule has 16 heavy (non-hydrogen) atoms. The van der Waals surface area contributed by atoms with Gasteiger partial charge in [-0.3, -0.25) is 9.48 Å². The predicted molar refractivity (Wildman–Crippen MR) is 60.5 cm³/mol. The van der Waals surface area contributed by atoms with Gasteiger partial charge in [-0.25, -0.2) is 0 Å². The van der Waals surface area contributed by atoms with Gasteiger partial charge < -0.3 is 5.11 Å². The number of aryl methyl sites for hydroxylation is 1. The highest BCUT2D eigenvalue weighted by molar-refractivity contribution is 5.68. The van der Waals surface area contributed by atoms with Gasteiger partial charge in [0.25, 0.3) is 0 Å². The molecule has 4 nitrogen and oxygen atoms in total. The van der Waals surface area contributed by atoms with Crippen LogP contribution in [0.4, 0.5) is 0 Å². The average Bonchev–Trinajstić information content (AvgIpc) is 2.61. The van der Waals surface area contributed by atoms with Gasteiger partial charge in [-0.05, 0) is 44.6 Å². The van der Waals surface area contributed by atoms with E-state index in [1.54, 1.807) is 0 Å². The second kappa shape index (κ2) is 4.28. The summed E-state index contributed by atoms with van der Waals surface area (Å²) in [5.41, 5.74) is 2.26. The molecule has 0 aromatic carbocycles. The Morgan fingerprint density at radius 2 is 2.44 bits per heavy atom. The van der Waals surface area contributed by atoms with E-state index in [-0.39, 0.29) is 12.3 Å². The molecular weight excluding hydrogens is 204 g/mol. The Bertz CT molecular complexity index is 396. The first-order valence-electron chi connectivity index (χ1n) is 5.87. The van der Waals surface area contributed by atoms with Crippen LogP contribution in [0.15, 0.2) is 6.20 Å². The second-order valence-electron chi connectivity index (χ2n) is 4.79. The van der Waals surface area contributed by atoms with E-state index in [4.69, 9.17) is 5.11 Å². The molecule has 0 amide bonds. The standard InChI is InChI=1S/C12H18N2O2/c1-8(2)14-7-10-9(6-12(15)16)4-3-5-11(10)13-14/h7-9H,3-6H2,1-2H3,(H,15,16). The zero-order chi connectivity index (χ0) is 11.7. The molecule has 0 bridgehead atoms. The van der Waals surface area contributed by atoms with Crippen molar-refractivity contribution in [3.8, 4) is 0 Å². The minimum atomic E-state index is -0.713. The van der Waals surface area contributed by atoms with Gasteiger partial charge in [0.15, 0.2) is 0 Å². The first-order valence-corrected chi connectivity index (χ1v) is 5.87. The van der Waals surface area contributed by atoms with E-state index in [0.29, 0.717) is 6.04 Å². The number of aromatic nitrogens is 2. The lowest BCUT2D eigenvalue weighted by Gasteiger charge is -2.19. The molecule has 0 aliphatic heterocycles. The minimum absolute atomic E-state index is 0.161. The number of carbonyl (C=O) groups is 1. The van der Waals surface area contributed by atoms with E-state index in [1.807, 2.05) is 10.9 Å². The lowest BCUT2D eigenvalue weighted by Crippen LogP contribution is -2.12. The van der Waals surface area contributed by atoms with Crippen molar-refractivity contribution in [3.63, 3.8) is 0 Å². The lowest BCUT2D eigenvalue weighted by molar-refractivity contribution is -0.137. The summed E-state index contributed by atoms with van der Waals surface area (Å²) < 4.78 is 1.95. The van der Waals surface area contributed by atoms with Crippen molar-refractivity contribution in [2.45, 2.75) is 51.5 Å². The number of hydrogen-bond acceptors (Lipinski definition) is 2. The molecule has 1 aliphatic rings.